The fraction of sp³-hybridized carbons (Fsp3) is 0.406. The molecule has 3 aromatic rings. The molecule has 3 aromatic carbocycles. The van der Waals surface area contributed by atoms with Gasteiger partial charge in [-0.05, 0) is 85.4 Å². The number of aliphatic hydroxyl groups is 1. The summed E-state index contributed by atoms with van der Waals surface area (Å²) < 4.78 is 27.9. The van der Waals surface area contributed by atoms with Gasteiger partial charge in [0.05, 0.1) is 11.1 Å². The van der Waals surface area contributed by atoms with Crippen LogP contribution >= 0.6 is 11.6 Å². The van der Waals surface area contributed by atoms with E-state index < -0.39 is 22.1 Å². The number of halogens is 1. The zero-order chi connectivity index (χ0) is 29.8. The summed E-state index contributed by atoms with van der Waals surface area (Å²) in [5, 5.41) is 23.3. The predicted octanol–water partition coefficient (Wildman–Crippen LogP) is 5.18. The van der Waals surface area contributed by atoms with Crippen LogP contribution in [0.15, 0.2) is 71.6 Å². The van der Waals surface area contributed by atoms with Crippen molar-refractivity contribution in [3.8, 4) is 11.1 Å². The highest BCUT2D eigenvalue weighted by Crippen LogP contribution is 2.33. The summed E-state index contributed by atoms with van der Waals surface area (Å²) in [6.45, 7) is 4.40. The molecule has 4 rings (SSSR count). The second-order valence-corrected chi connectivity index (χ2v) is 14.1. The number of likely N-dealkylation sites (N-methyl/N-ethyl adjacent to an activating group) is 1. The Kier molecular flexibility index (Phi) is 9.93. The van der Waals surface area contributed by atoms with E-state index in [2.05, 4.69) is 43.4 Å². The van der Waals surface area contributed by atoms with Crippen molar-refractivity contribution in [1.82, 2.24) is 9.62 Å². The van der Waals surface area contributed by atoms with Gasteiger partial charge in [0, 0.05) is 32.1 Å². The summed E-state index contributed by atoms with van der Waals surface area (Å²) in [4.78, 5) is 11.0. The summed E-state index contributed by atoms with van der Waals surface area (Å²) in [6.07, 6.45) is 2.49. The number of carbonyl (C=O) groups is 1. The van der Waals surface area contributed by atoms with E-state index in [1.807, 2.05) is 24.3 Å². The van der Waals surface area contributed by atoms with Crippen molar-refractivity contribution in [3.05, 3.63) is 88.4 Å². The number of hydrogen-bond donors (Lipinski definition) is 3. The van der Waals surface area contributed by atoms with Gasteiger partial charge in [-0.15, -0.1) is 0 Å². The van der Waals surface area contributed by atoms with Gasteiger partial charge in [-0.2, -0.15) is 4.31 Å². The van der Waals surface area contributed by atoms with Crippen LogP contribution in [0.5, 0.6) is 0 Å². The maximum Gasteiger partial charge on any atom is 0.303 e. The van der Waals surface area contributed by atoms with E-state index in [9.17, 15) is 18.3 Å². The van der Waals surface area contributed by atoms with Crippen molar-refractivity contribution in [2.75, 3.05) is 20.1 Å². The molecule has 1 atom stereocenters. The number of nitrogens with zero attached hydrogens (tertiary/aromatic N) is 1. The summed E-state index contributed by atoms with van der Waals surface area (Å²) in [5.74, 6) is -0.354. The van der Waals surface area contributed by atoms with Crippen molar-refractivity contribution < 1.29 is 23.4 Å². The lowest BCUT2D eigenvalue weighted by Crippen LogP contribution is -2.47. The maximum absolute atomic E-state index is 13.4. The second-order valence-electron chi connectivity index (χ2n) is 11.6. The van der Waals surface area contributed by atoms with Crippen LogP contribution in [0, 0.1) is 5.92 Å². The van der Waals surface area contributed by atoms with Crippen molar-refractivity contribution in [2.45, 2.75) is 62.5 Å². The highest BCUT2D eigenvalue weighted by molar-refractivity contribution is 7.89. The number of carboxylic acids is 1. The van der Waals surface area contributed by atoms with Crippen LogP contribution in [0.3, 0.4) is 0 Å². The number of aryl methyl sites for hydroxylation is 1. The van der Waals surface area contributed by atoms with E-state index in [0.717, 1.165) is 34.7 Å². The first-order valence-electron chi connectivity index (χ1n) is 13.9. The van der Waals surface area contributed by atoms with Crippen LogP contribution < -0.4 is 5.32 Å². The van der Waals surface area contributed by atoms with E-state index in [4.69, 9.17) is 16.7 Å². The van der Waals surface area contributed by atoms with Gasteiger partial charge < -0.3 is 15.5 Å². The molecule has 0 fully saturated rings. The average Bonchev–Trinajstić information content (AvgIpc) is 3.32. The summed E-state index contributed by atoms with van der Waals surface area (Å²) in [6, 6.07) is 20.7. The molecule has 0 heterocycles. The molecule has 0 aliphatic heterocycles. The Bertz CT molecular complexity index is 1470. The van der Waals surface area contributed by atoms with Crippen molar-refractivity contribution in [3.63, 3.8) is 0 Å². The highest BCUT2D eigenvalue weighted by atomic mass is 35.5. The average molecular weight is 599 g/mol. The molecular formula is C32H39ClN2O5S. The SMILES string of the molecule is CN(CC(O)CNC(C)(C)CC1Cc2ccccc2C1)S(=O)(=O)c1ccc(-c2ccccc2CCC(=O)O)cc1Cl. The Morgan fingerprint density at radius 3 is 2.34 bits per heavy atom. The van der Waals surface area contributed by atoms with Crippen molar-refractivity contribution >= 4 is 27.6 Å². The fourth-order valence-electron chi connectivity index (χ4n) is 5.75. The summed E-state index contributed by atoms with van der Waals surface area (Å²) in [5.41, 5.74) is 4.96. The highest BCUT2D eigenvalue weighted by Gasteiger charge is 2.30. The molecule has 0 radical (unpaired) electrons. The lowest BCUT2D eigenvalue weighted by atomic mass is 9.88. The third kappa shape index (κ3) is 7.96. The number of benzene rings is 3. The molecule has 41 heavy (non-hydrogen) atoms. The number of hydrogen-bond acceptors (Lipinski definition) is 5. The van der Waals surface area contributed by atoms with Crippen LogP contribution in [-0.4, -0.2) is 60.7 Å². The quantitative estimate of drug-likeness (QED) is 0.250. The van der Waals surface area contributed by atoms with E-state index in [1.165, 1.54) is 24.2 Å². The zero-order valence-corrected chi connectivity index (χ0v) is 25.4. The minimum Gasteiger partial charge on any atom is -0.481 e. The number of aliphatic carboxylic acids is 1. The standard InChI is InChI=1S/C32H39ClN2O5S/c1-32(2,19-22-16-24-9-4-5-10-25(24)17-22)34-20-27(36)21-35(3)41(39,40)30-14-12-26(18-29(30)33)28-11-7-6-8-23(28)13-15-31(37)38/h4-12,14,18,22,27,34,36H,13,15-17,19-21H2,1-3H3,(H,37,38). The first kappa shape index (κ1) is 31.2. The molecule has 0 bridgehead atoms. The molecule has 0 spiro atoms. The number of fused-ring (bicyclic) bond motifs is 1. The van der Waals surface area contributed by atoms with Crippen LogP contribution in [0.4, 0.5) is 0 Å². The van der Waals surface area contributed by atoms with E-state index >= 15 is 0 Å². The molecule has 1 unspecified atom stereocenters. The van der Waals surface area contributed by atoms with Gasteiger partial charge >= 0.3 is 5.97 Å². The zero-order valence-electron chi connectivity index (χ0n) is 23.8. The van der Waals surface area contributed by atoms with Crippen LogP contribution in [-0.2, 0) is 34.1 Å². The molecule has 220 valence electrons. The Balaban J connectivity index is 1.36. The Labute approximate surface area is 248 Å². The third-order valence-electron chi connectivity index (χ3n) is 7.78. The molecule has 0 aromatic heterocycles. The number of aliphatic hydroxyl groups excluding tert-OH is 1. The molecule has 0 saturated carbocycles. The third-order valence-corrected chi connectivity index (χ3v) is 10.1. The lowest BCUT2D eigenvalue weighted by Gasteiger charge is -2.31. The van der Waals surface area contributed by atoms with Gasteiger partial charge in [-0.25, -0.2) is 8.42 Å². The van der Waals surface area contributed by atoms with Crippen LogP contribution in [0.2, 0.25) is 5.02 Å². The Morgan fingerprint density at radius 1 is 1.07 bits per heavy atom. The second kappa shape index (κ2) is 13.0. The van der Waals surface area contributed by atoms with Crippen LogP contribution in [0.25, 0.3) is 11.1 Å². The first-order valence-corrected chi connectivity index (χ1v) is 15.7. The molecule has 3 N–H and O–H groups in total. The van der Waals surface area contributed by atoms with Gasteiger partial charge in [0.2, 0.25) is 10.0 Å². The number of β-amino-alcohol motifs (C(OH)–C–C–N with tert-alkyl or cyclic N) is 1. The van der Waals surface area contributed by atoms with Gasteiger partial charge in [0.1, 0.15) is 4.90 Å². The lowest BCUT2D eigenvalue weighted by molar-refractivity contribution is -0.136. The van der Waals surface area contributed by atoms with Crippen molar-refractivity contribution in [1.29, 1.82) is 0 Å². The van der Waals surface area contributed by atoms with Gasteiger partial charge in [0.15, 0.2) is 0 Å². The molecule has 7 nitrogen and oxygen atoms in total. The molecule has 0 saturated heterocycles. The minimum absolute atomic E-state index is 0.00872. The summed E-state index contributed by atoms with van der Waals surface area (Å²) in [7, 11) is -2.53. The molecular weight excluding hydrogens is 560 g/mol. The topological polar surface area (TPSA) is 107 Å². The molecule has 9 heteroatoms. The van der Waals surface area contributed by atoms with Crippen molar-refractivity contribution in [2.24, 2.45) is 5.92 Å². The number of sulfonamides is 1. The minimum atomic E-state index is -3.96. The van der Waals surface area contributed by atoms with E-state index in [0.29, 0.717) is 17.9 Å². The first-order chi connectivity index (χ1) is 19.4. The summed E-state index contributed by atoms with van der Waals surface area (Å²) >= 11 is 6.49. The molecule has 1 aliphatic carbocycles. The smallest absolute Gasteiger partial charge is 0.303 e. The fourth-order valence-corrected chi connectivity index (χ4v) is 7.47. The number of carboxylic acid groups (broad SMARTS) is 1. The molecule has 0 amide bonds. The van der Waals surface area contributed by atoms with Gasteiger partial charge in [0.25, 0.3) is 0 Å². The maximum atomic E-state index is 13.4. The van der Waals surface area contributed by atoms with Gasteiger partial charge in [-0.1, -0.05) is 66.2 Å². The largest absolute Gasteiger partial charge is 0.481 e. The normalized spacial score (nSPS) is 14.8. The number of rotatable bonds is 13. The van der Waals surface area contributed by atoms with E-state index in [-0.39, 0.29) is 35.0 Å². The van der Waals surface area contributed by atoms with Gasteiger partial charge in [-0.3, -0.25) is 4.79 Å². The number of nitrogens with one attached hydrogen (secondary N) is 1. The predicted molar refractivity (Wildman–Crippen MR) is 163 cm³/mol. The van der Waals surface area contributed by atoms with Crippen LogP contribution in [0.1, 0.15) is 43.4 Å². The monoisotopic (exact) mass is 598 g/mol. The molecule has 1 aliphatic rings. The Hall–Kier alpha value is -2.75. The Morgan fingerprint density at radius 2 is 1.71 bits per heavy atom. The van der Waals surface area contributed by atoms with E-state index in [1.54, 1.807) is 12.1 Å².